The van der Waals surface area contributed by atoms with Crippen molar-refractivity contribution < 1.29 is 9.30 Å². The van der Waals surface area contributed by atoms with Crippen molar-refractivity contribution >= 4 is 13.1 Å². The van der Waals surface area contributed by atoms with Crippen molar-refractivity contribution in [2.45, 2.75) is 13.3 Å². The van der Waals surface area contributed by atoms with Gasteiger partial charge in [-0.25, -0.2) is 0 Å². The maximum Gasteiger partial charge on any atom is 0.414 e. The lowest BCUT2D eigenvalue weighted by Crippen LogP contribution is -1.96. The minimum absolute atomic E-state index is 0.782. The molecule has 1 aromatic rings. The van der Waals surface area contributed by atoms with Crippen molar-refractivity contribution in [2.24, 2.45) is 0 Å². The summed E-state index contributed by atoms with van der Waals surface area (Å²) in [4.78, 5) is 0. The fourth-order valence-electron chi connectivity index (χ4n) is 1.74. The molecule has 0 aliphatic heterocycles. The van der Waals surface area contributed by atoms with Crippen LogP contribution in [0.3, 0.4) is 0 Å². The van der Waals surface area contributed by atoms with Crippen molar-refractivity contribution in [2.75, 3.05) is 7.11 Å². The van der Waals surface area contributed by atoms with E-state index in [0.29, 0.717) is 0 Å². The zero-order chi connectivity index (χ0) is 13.0. The van der Waals surface area contributed by atoms with Crippen LogP contribution in [-0.2, 0) is 4.57 Å². The second-order valence-corrected chi connectivity index (χ2v) is 5.76. The minimum Gasteiger partial charge on any atom is -0.497 e. The first-order valence-electron chi connectivity index (χ1n) is 5.87. The zero-order valence-electron chi connectivity index (χ0n) is 10.6. The molecule has 18 heavy (non-hydrogen) atoms. The summed E-state index contributed by atoms with van der Waals surface area (Å²) in [5, 5.41) is 1.73. The predicted molar refractivity (Wildman–Crippen MR) is 75.8 cm³/mol. The molecule has 1 aliphatic rings. The van der Waals surface area contributed by atoms with Crippen LogP contribution in [0.5, 0.6) is 5.75 Å². The van der Waals surface area contributed by atoms with E-state index in [4.69, 9.17) is 4.74 Å². The van der Waals surface area contributed by atoms with Crippen LogP contribution < -0.4 is 10.0 Å². The number of benzene rings is 1. The van der Waals surface area contributed by atoms with E-state index in [2.05, 4.69) is 6.08 Å². The average molecular weight is 259 g/mol. The van der Waals surface area contributed by atoms with E-state index >= 15 is 0 Å². The Labute approximate surface area is 108 Å². The van der Waals surface area contributed by atoms with E-state index in [-0.39, 0.29) is 0 Å². The molecule has 1 unspecified atom stereocenters. The van der Waals surface area contributed by atoms with Crippen molar-refractivity contribution in [1.29, 1.82) is 0 Å². The normalized spacial score (nSPS) is 15.6. The lowest BCUT2D eigenvalue weighted by molar-refractivity contribution is 0.415. The standard InChI is InChI=1S/C15H16O2P/c1-12-4-3-5-14(9-6-12)18(16)15-10-7-13(17-2)8-11-15/h4-11H,3H2,1-2H3/q+1. The maximum absolute atomic E-state index is 12.4. The summed E-state index contributed by atoms with van der Waals surface area (Å²) in [7, 11) is 0.113. The van der Waals surface area contributed by atoms with Gasteiger partial charge in [0.2, 0.25) is 0 Å². The minimum atomic E-state index is -1.51. The summed E-state index contributed by atoms with van der Waals surface area (Å²) in [6.45, 7) is 2.05. The number of rotatable bonds is 3. The molecule has 0 radical (unpaired) electrons. The summed E-state index contributed by atoms with van der Waals surface area (Å²) < 4.78 is 17.5. The van der Waals surface area contributed by atoms with E-state index in [1.165, 1.54) is 5.57 Å². The molecule has 0 N–H and O–H groups in total. The van der Waals surface area contributed by atoms with Gasteiger partial charge in [0.05, 0.1) is 7.11 Å². The lowest BCUT2D eigenvalue weighted by atomic mass is 10.2. The molecule has 1 atom stereocenters. The third kappa shape index (κ3) is 2.96. The SMILES string of the molecule is COc1ccc([P+](=O)C2=CCC=C(C)C=C2)cc1. The van der Waals surface area contributed by atoms with E-state index in [1.54, 1.807) is 7.11 Å². The molecule has 1 aliphatic carbocycles. The van der Waals surface area contributed by atoms with E-state index < -0.39 is 7.80 Å². The van der Waals surface area contributed by atoms with Gasteiger partial charge in [-0.2, -0.15) is 0 Å². The molecule has 0 fully saturated rings. The summed E-state index contributed by atoms with van der Waals surface area (Å²) in [5.41, 5.74) is 1.21. The van der Waals surface area contributed by atoms with Crippen LogP contribution in [0.15, 0.2) is 59.5 Å². The molecular weight excluding hydrogens is 243 g/mol. The van der Waals surface area contributed by atoms with Crippen LogP contribution in [-0.4, -0.2) is 7.11 Å². The molecule has 0 amide bonds. The lowest BCUT2D eigenvalue weighted by Gasteiger charge is -1.96. The topological polar surface area (TPSA) is 26.3 Å². The monoisotopic (exact) mass is 259 g/mol. The Bertz CT molecular complexity index is 536. The van der Waals surface area contributed by atoms with Crippen LogP contribution in [0.25, 0.3) is 0 Å². The van der Waals surface area contributed by atoms with Gasteiger partial charge in [0.25, 0.3) is 0 Å². The maximum atomic E-state index is 12.4. The fourth-order valence-corrected chi connectivity index (χ4v) is 2.93. The Morgan fingerprint density at radius 3 is 2.50 bits per heavy atom. The van der Waals surface area contributed by atoms with Gasteiger partial charge in [0, 0.05) is 0 Å². The Balaban J connectivity index is 2.21. The van der Waals surface area contributed by atoms with Crippen molar-refractivity contribution in [3.05, 3.63) is 59.5 Å². The molecule has 3 heteroatoms. The zero-order valence-corrected chi connectivity index (χ0v) is 11.5. The Kier molecular flexibility index (Phi) is 4.11. The molecular formula is C15H16O2P+. The van der Waals surface area contributed by atoms with E-state index in [9.17, 15) is 4.57 Å². The van der Waals surface area contributed by atoms with Gasteiger partial charge < -0.3 is 4.74 Å². The Hall–Kier alpha value is -1.66. The first kappa shape index (κ1) is 12.8. The third-order valence-corrected chi connectivity index (χ3v) is 4.39. The molecule has 2 nitrogen and oxygen atoms in total. The second kappa shape index (κ2) is 5.79. The fraction of sp³-hybridized carbons (Fsp3) is 0.200. The molecule has 0 heterocycles. The smallest absolute Gasteiger partial charge is 0.414 e. The number of hydrogen-bond acceptors (Lipinski definition) is 2. The highest BCUT2D eigenvalue weighted by Gasteiger charge is 2.24. The molecule has 0 aromatic heterocycles. The highest BCUT2D eigenvalue weighted by atomic mass is 31.1. The molecule has 0 spiro atoms. The van der Waals surface area contributed by atoms with Crippen LogP contribution in [0.1, 0.15) is 13.3 Å². The van der Waals surface area contributed by atoms with Gasteiger partial charge >= 0.3 is 7.80 Å². The molecule has 1 aromatic carbocycles. The number of hydrogen-bond donors (Lipinski definition) is 0. The van der Waals surface area contributed by atoms with Gasteiger partial charge in [0.1, 0.15) is 5.75 Å². The van der Waals surface area contributed by atoms with Crippen LogP contribution in [0.2, 0.25) is 0 Å². The molecule has 0 saturated heterocycles. The molecule has 92 valence electrons. The Morgan fingerprint density at radius 2 is 1.83 bits per heavy atom. The second-order valence-electron chi connectivity index (χ2n) is 4.14. The summed E-state index contributed by atoms with van der Waals surface area (Å²) in [6, 6.07) is 7.40. The summed E-state index contributed by atoms with van der Waals surface area (Å²) in [6.07, 6.45) is 8.94. The van der Waals surface area contributed by atoms with Crippen molar-refractivity contribution in [3.63, 3.8) is 0 Å². The number of ether oxygens (including phenoxy) is 1. The largest absolute Gasteiger partial charge is 0.497 e. The first-order chi connectivity index (χ1) is 8.70. The number of methoxy groups -OCH3 is 1. The van der Waals surface area contributed by atoms with Crippen molar-refractivity contribution in [3.8, 4) is 5.75 Å². The van der Waals surface area contributed by atoms with E-state index in [0.717, 1.165) is 22.8 Å². The van der Waals surface area contributed by atoms with Gasteiger partial charge in [-0.15, -0.1) is 0 Å². The quantitative estimate of drug-likeness (QED) is 0.768. The van der Waals surface area contributed by atoms with Crippen LogP contribution in [0.4, 0.5) is 0 Å². The van der Waals surface area contributed by atoms with Gasteiger partial charge in [-0.05, 0) is 49.8 Å². The third-order valence-electron chi connectivity index (χ3n) is 2.83. The molecule has 2 rings (SSSR count). The molecule has 0 saturated carbocycles. The first-order valence-corrected chi connectivity index (χ1v) is 7.13. The van der Waals surface area contributed by atoms with Crippen LogP contribution >= 0.6 is 7.80 Å². The number of allylic oxidation sites excluding steroid dienone is 6. The highest BCUT2D eigenvalue weighted by Crippen LogP contribution is 2.34. The Morgan fingerprint density at radius 1 is 1.11 bits per heavy atom. The summed E-state index contributed by atoms with van der Waals surface area (Å²) >= 11 is 0. The summed E-state index contributed by atoms with van der Waals surface area (Å²) in [5.74, 6) is 0.782. The predicted octanol–water partition coefficient (Wildman–Crippen LogP) is 3.94. The average Bonchev–Trinajstić information content (AvgIpc) is 2.63. The van der Waals surface area contributed by atoms with Crippen LogP contribution in [0, 0.1) is 0 Å². The van der Waals surface area contributed by atoms with Gasteiger partial charge in [-0.3, -0.25) is 0 Å². The van der Waals surface area contributed by atoms with E-state index in [1.807, 2.05) is 49.4 Å². The van der Waals surface area contributed by atoms with Gasteiger partial charge in [-0.1, -0.05) is 22.3 Å². The van der Waals surface area contributed by atoms with Crippen molar-refractivity contribution in [1.82, 2.24) is 0 Å². The molecule has 0 bridgehead atoms. The van der Waals surface area contributed by atoms with Gasteiger partial charge in [0.15, 0.2) is 10.6 Å². The highest BCUT2D eigenvalue weighted by molar-refractivity contribution is 7.58.